The summed E-state index contributed by atoms with van der Waals surface area (Å²) in [6.07, 6.45) is 1.86. The molecule has 0 aromatic carbocycles. The minimum atomic E-state index is 0.257. The van der Waals surface area contributed by atoms with Crippen LogP contribution in [0.1, 0.15) is 32.4 Å². The molecule has 1 aliphatic carbocycles. The van der Waals surface area contributed by atoms with E-state index in [1.807, 2.05) is 10.9 Å². The summed E-state index contributed by atoms with van der Waals surface area (Å²) in [5.74, 6) is 0.495. The van der Waals surface area contributed by atoms with Gasteiger partial charge in [-0.1, -0.05) is 13.8 Å². The fourth-order valence-corrected chi connectivity index (χ4v) is 2.11. The lowest BCUT2D eigenvalue weighted by Crippen LogP contribution is -2.07. The maximum Gasteiger partial charge on any atom is 0.0492 e. The third-order valence-corrected chi connectivity index (χ3v) is 3.28. The van der Waals surface area contributed by atoms with E-state index in [0.717, 1.165) is 6.54 Å². The maximum absolute atomic E-state index is 6.02. The summed E-state index contributed by atoms with van der Waals surface area (Å²) >= 11 is 0. The number of rotatable bonds is 2. The van der Waals surface area contributed by atoms with Crippen LogP contribution in [0.4, 0.5) is 0 Å². The second-order valence-electron chi connectivity index (χ2n) is 4.40. The minimum Gasteiger partial charge on any atom is -0.327 e. The molecule has 13 heavy (non-hydrogen) atoms. The molecule has 0 aliphatic heterocycles. The van der Waals surface area contributed by atoms with Gasteiger partial charge in [-0.25, -0.2) is 0 Å². The van der Waals surface area contributed by atoms with Gasteiger partial charge in [-0.15, -0.1) is 0 Å². The van der Waals surface area contributed by atoms with E-state index in [2.05, 4.69) is 31.9 Å². The molecule has 0 spiro atoms. The molecule has 0 amide bonds. The molecular formula is C10H17N3. The van der Waals surface area contributed by atoms with E-state index in [9.17, 15) is 0 Å². The smallest absolute Gasteiger partial charge is 0.0492 e. The van der Waals surface area contributed by atoms with Crippen LogP contribution in [0.15, 0.2) is 12.3 Å². The van der Waals surface area contributed by atoms with Crippen molar-refractivity contribution in [1.29, 1.82) is 0 Å². The number of nitrogens with two attached hydrogens (primary N) is 1. The fourth-order valence-electron chi connectivity index (χ4n) is 2.11. The normalized spacial score (nSPS) is 30.5. The molecule has 2 rings (SSSR count). The van der Waals surface area contributed by atoms with Crippen LogP contribution in [0, 0.1) is 5.41 Å². The second kappa shape index (κ2) is 2.58. The summed E-state index contributed by atoms with van der Waals surface area (Å²) < 4.78 is 2.04. The number of nitrogens with zero attached hydrogens (tertiary/aromatic N) is 2. The van der Waals surface area contributed by atoms with Crippen LogP contribution in [0.5, 0.6) is 0 Å². The Hall–Kier alpha value is -0.830. The lowest BCUT2D eigenvalue weighted by Gasteiger charge is -2.04. The summed E-state index contributed by atoms with van der Waals surface area (Å²) in [5.41, 5.74) is 7.57. The Morgan fingerprint density at radius 1 is 1.62 bits per heavy atom. The molecule has 3 nitrogen and oxygen atoms in total. The fraction of sp³-hybridized carbons (Fsp3) is 0.700. The van der Waals surface area contributed by atoms with Crippen LogP contribution in [0.25, 0.3) is 0 Å². The van der Waals surface area contributed by atoms with E-state index in [1.54, 1.807) is 0 Å². The summed E-state index contributed by atoms with van der Waals surface area (Å²) in [5, 5.41) is 4.26. The van der Waals surface area contributed by atoms with Gasteiger partial charge in [0, 0.05) is 30.4 Å². The van der Waals surface area contributed by atoms with E-state index < -0.39 is 0 Å². The average Bonchev–Trinajstić information content (AvgIpc) is 2.54. The van der Waals surface area contributed by atoms with Gasteiger partial charge in [-0.2, -0.15) is 5.10 Å². The summed E-state index contributed by atoms with van der Waals surface area (Å²) in [6, 6.07) is 2.39. The van der Waals surface area contributed by atoms with Gasteiger partial charge in [-0.3, -0.25) is 4.68 Å². The van der Waals surface area contributed by atoms with Crippen molar-refractivity contribution in [3.63, 3.8) is 0 Å². The van der Waals surface area contributed by atoms with Crippen molar-refractivity contribution in [3.05, 3.63) is 18.0 Å². The largest absolute Gasteiger partial charge is 0.327 e. The van der Waals surface area contributed by atoms with Crippen LogP contribution < -0.4 is 5.73 Å². The first kappa shape index (κ1) is 8.75. The van der Waals surface area contributed by atoms with Gasteiger partial charge in [0.15, 0.2) is 0 Å². The molecule has 1 heterocycles. The highest BCUT2D eigenvalue weighted by atomic mass is 15.3. The SMILES string of the molecule is CCn1nccc1C1C(N)C1(C)C. The molecule has 1 fully saturated rings. The van der Waals surface area contributed by atoms with Crippen molar-refractivity contribution in [2.24, 2.45) is 11.1 Å². The lowest BCUT2D eigenvalue weighted by molar-refractivity contribution is 0.563. The zero-order valence-electron chi connectivity index (χ0n) is 8.49. The van der Waals surface area contributed by atoms with Crippen LogP contribution in [-0.4, -0.2) is 15.8 Å². The molecule has 1 aliphatic rings. The summed E-state index contributed by atoms with van der Waals surface area (Å²) in [4.78, 5) is 0. The maximum atomic E-state index is 6.02. The molecule has 72 valence electrons. The van der Waals surface area contributed by atoms with Crippen molar-refractivity contribution in [2.75, 3.05) is 0 Å². The van der Waals surface area contributed by atoms with Crippen LogP contribution >= 0.6 is 0 Å². The first-order valence-corrected chi connectivity index (χ1v) is 4.86. The molecule has 3 heteroatoms. The van der Waals surface area contributed by atoms with E-state index >= 15 is 0 Å². The number of aryl methyl sites for hydroxylation is 1. The first-order valence-electron chi connectivity index (χ1n) is 4.86. The van der Waals surface area contributed by atoms with Gasteiger partial charge in [0.05, 0.1) is 0 Å². The molecule has 1 saturated carbocycles. The van der Waals surface area contributed by atoms with Crippen LogP contribution in [-0.2, 0) is 6.54 Å². The molecule has 0 radical (unpaired) electrons. The minimum absolute atomic E-state index is 0.257. The van der Waals surface area contributed by atoms with E-state index in [-0.39, 0.29) is 5.41 Å². The second-order valence-corrected chi connectivity index (χ2v) is 4.40. The van der Waals surface area contributed by atoms with Crippen LogP contribution in [0.3, 0.4) is 0 Å². The van der Waals surface area contributed by atoms with Crippen molar-refractivity contribution < 1.29 is 0 Å². The highest BCUT2D eigenvalue weighted by Gasteiger charge is 2.57. The number of hydrogen-bond acceptors (Lipinski definition) is 2. The monoisotopic (exact) mass is 179 g/mol. The standard InChI is InChI=1S/C10H17N3/c1-4-13-7(5-6-12-13)8-9(11)10(8,2)3/h5-6,8-9H,4,11H2,1-3H3. The van der Waals surface area contributed by atoms with E-state index in [0.29, 0.717) is 12.0 Å². The molecular weight excluding hydrogens is 162 g/mol. The highest BCUT2D eigenvalue weighted by molar-refractivity contribution is 5.28. The topological polar surface area (TPSA) is 43.8 Å². The van der Waals surface area contributed by atoms with Gasteiger partial charge in [0.25, 0.3) is 0 Å². The van der Waals surface area contributed by atoms with Gasteiger partial charge in [-0.05, 0) is 18.4 Å². The molecule has 2 unspecified atom stereocenters. The predicted octanol–water partition coefficient (Wildman–Crippen LogP) is 1.35. The van der Waals surface area contributed by atoms with Crippen molar-refractivity contribution in [3.8, 4) is 0 Å². The third kappa shape index (κ3) is 1.10. The Labute approximate surface area is 78.9 Å². The molecule has 2 atom stereocenters. The van der Waals surface area contributed by atoms with Gasteiger partial charge in [0.2, 0.25) is 0 Å². The Morgan fingerprint density at radius 3 is 2.69 bits per heavy atom. The molecule has 1 aromatic heterocycles. The van der Waals surface area contributed by atoms with Crippen molar-refractivity contribution in [1.82, 2.24) is 9.78 Å². The zero-order valence-corrected chi connectivity index (χ0v) is 8.49. The molecule has 1 aromatic rings. The first-order chi connectivity index (χ1) is 6.09. The zero-order chi connectivity index (χ0) is 9.64. The van der Waals surface area contributed by atoms with Crippen molar-refractivity contribution in [2.45, 2.75) is 39.3 Å². The van der Waals surface area contributed by atoms with Gasteiger partial charge < -0.3 is 5.73 Å². The Kier molecular flexibility index (Phi) is 1.74. The predicted molar refractivity (Wildman–Crippen MR) is 52.4 cm³/mol. The molecule has 0 saturated heterocycles. The van der Waals surface area contributed by atoms with Gasteiger partial charge in [0.1, 0.15) is 0 Å². The van der Waals surface area contributed by atoms with E-state index in [1.165, 1.54) is 5.69 Å². The Bertz CT molecular complexity index is 314. The summed E-state index contributed by atoms with van der Waals surface area (Å²) in [7, 11) is 0. The van der Waals surface area contributed by atoms with Gasteiger partial charge >= 0.3 is 0 Å². The number of hydrogen-bond donors (Lipinski definition) is 1. The average molecular weight is 179 g/mol. The van der Waals surface area contributed by atoms with Crippen molar-refractivity contribution >= 4 is 0 Å². The molecule has 2 N–H and O–H groups in total. The highest BCUT2D eigenvalue weighted by Crippen LogP contribution is 2.57. The third-order valence-electron chi connectivity index (χ3n) is 3.28. The van der Waals surface area contributed by atoms with E-state index in [4.69, 9.17) is 5.73 Å². The Morgan fingerprint density at radius 2 is 2.23 bits per heavy atom. The quantitative estimate of drug-likeness (QED) is 0.744. The summed E-state index contributed by atoms with van der Waals surface area (Å²) in [6.45, 7) is 7.48. The Balaban J connectivity index is 2.28. The van der Waals surface area contributed by atoms with Crippen LogP contribution in [0.2, 0.25) is 0 Å². The number of aromatic nitrogens is 2. The molecule has 0 bridgehead atoms. The lowest BCUT2D eigenvalue weighted by atomic mass is 10.1.